The Bertz CT molecular complexity index is 691. The third kappa shape index (κ3) is 4.26. The number of nitrogens with two attached hydrogens (primary N) is 2. The van der Waals surface area contributed by atoms with E-state index in [0.29, 0.717) is 22.7 Å². The van der Waals surface area contributed by atoms with Crippen LogP contribution in [0.25, 0.3) is 0 Å². The van der Waals surface area contributed by atoms with Crippen LogP contribution in [0.2, 0.25) is 0 Å². The van der Waals surface area contributed by atoms with Crippen LogP contribution in [-0.2, 0) is 0 Å². The van der Waals surface area contributed by atoms with Crippen molar-refractivity contribution in [2.45, 2.75) is 43.2 Å². The summed E-state index contributed by atoms with van der Waals surface area (Å²) in [6.45, 7) is 0. The molecule has 0 bridgehead atoms. The van der Waals surface area contributed by atoms with Crippen LogP contribution in [0.5, 0.6) is 0 Å². The molecule has 1 aliphatic rings. The van der Waals surface area contributed by atoms with E-state index in [-0.39, 0.29) is 11.5 Å². The van der Waals surface area contributed by atoms with Gasteiger partial charge in [-0.25, -0.2) is 9.97 Å². The highest BCUT2D eigenvalue weighted by molar-refractivity contribution is 7.99. The highest BCUT2D eigenvalue weighted by Crippen LogP contribution is 2.32. The molecule has 1 aliphatic carbocycles. The van der Waals surface area contributed by atoms with Crippen molar-refractivity contribution >= 4 is 29.2 Å². The number of hydrogen-bond donors (Lipinski definition) is 2. The molecule has 0 amide bonds. The van der Waals surface area contributed by atoms with E-state index >= 15 is 0 Å². The molecule has 1 aromatic carbocycles. The highest BCUT2D eigenvalue weighted by atomic mass is 32.2. The van der Waals surface area contributed by atoms with E-state index in [4.69, 9.17) is 11.5 Å². The number of carbonyl (C=O) groups is 1. The molecular formula is C18H22N4OS. The average molecular weight is 342 g/mol. The molecule has 0 aliphatic heterocycles. The normalized spacial score (nSPS) is 15.3. The van der Waals surface area contributed by atoms with Gasteiger partial charge < -0.3 is 11.5 Å². The van der Waals surface area contributed by atoms with Crippen molar-refractivity contribution in [3.05, 3.63) is 41.5 Å². The second-order valence-corrected chi connectivity index (χ2v) is 7.11. The molecule has 0 unspecified atom stereocenters. The van der Waals surface area contributed by atoms with Crippen molar-refractivity contribution < 1.29 is 4.79 Å². The van der Waals surface area contributed by atoms with E-state index < -0.39 is 0 Å². The minimum absolute atomic E-state index is 0.0554. The quantitative estimate of drug-likeness (QED) is 0.489. The Hall–Kier alpha value is -2.08. The first-order valence-corrected chi connectivity index (χ1v) is 9.26. The van der Waals surface area contributed by atoms with E-state index in [0.717, 1.165) is 5.56 Å². The minimum atomic E-state index is 0.0554. The van der Waals surface area contributed by atoms with Crippen molar-refractivity contribution in [2.75, 3.05) is 17.2 Å². The zero-order valence-electron chi connectivity index (χ0n) is 13.6. The van der Waals surface area contributed by atoms with Crippen LogP contribution in [0.1, 0.15) is 53.9 Å². The van der Waals surface area contributed by atoms with Crippen LogP contribution < -0.4 is 11.5 Å². The zero-order chi connectivity index (χ0) is 16.9. The van der Waals surface area contributed by atoms with Crippen molar-refractivity contribution in [3.63, 3.8) is 0 Å². The number of ketones is 1. The molecule has 0 atom stereocenters. The molecular weight excluding hydrogens is 320 g/mol. The third-order valence-corrected chi connectivity index (χ3v) is 5.23. The summed E-state index contributed by atoms with van der Waals surface area (Å²) in [6.07, 6.45) is 6.49. The van der Waals surface area contributed by atoms with E-state index in [1.807, 2.05) is 12.1 Å². The number of carbonyl (C=O) groups excluding carboxylic acids is 1. The number of Topliss-reactive ketones (excluding diaryl/α,β-unsaturated/α-hetero) is 1. The lowest BCUT2D eigenvalue weighted by Gasteiger charge is -2.22. The van der Waals surface area contributed by atoms with E-state index in [1.54, 1.807) is 0 Å². The maximum Gasteiger partial charge on any atom is 0.191 e. The van der Waals surface area contributed by atoms with E-state index in [1.165, 1.54) is 55.5 Å². The Kier molecular flexibility index (Phi) is 5.35. The molecule has 0 radical (unpaired) electrons. The van der Waals surface area contributed by atoms with Gasteiger partial charge in [0, 0.05) is 11.6 Å². The molecule has 6 heteroatoms. The fourth-order valence-electron chi connectivity index (χ4n) is 3.12. The number of hydrogen-bond acceptors (Lipinski definition) is 6. The predicted molar refractivity (Wildman–Crippen MR) is 98.2 cm³/mol. The summed E-state index contributed by atoms with van der Waals surface area (Å²) in [4.78, 5) is 20.5. The lowest BCUT2D eigenvalue weighted by atomic mass is 9.84. The fraction of sp³-hybridized carbons (Fsp3) is 0.389. The number of benzene rings is 1. The monoisotopic (exact) mass is 342 g/mol. The van der Waals surface area contributed by atoms with Gasteiger partial charge in [0.1, 0.15) is 11.6 Å². The average Bonchev–Trinajstić information content (AvgIpc) is 2.60. The standard InChI is InChI=1S/C18H22N4OS/c19-16-10-17(20)22-18(21-16)24-11-15(23)14-8-6-13(7-9-14)12-4-2-1-3-5-12/h6-10,12H,1-5,11H2,(H4,19,20,21,22). The summed E-state index contributed by atoms with van der Waals surface area (Å²) in [6, 6.07) is 9.56. The first-order valence-electron chi connectivity index (χ1n) is 8.28. The van der Waals surface area contributed by atoms with Crippen molar-refractivity contribution in [2.24, 2.45) is 0 Å². The minimum Gasteiger partial charge on any atom is -0.383 e. The lowest BCUT2D eigenvalue weighted by Crippen LogP contribution is -2.07. The molecule has 126 valence electrons. The van der Waals surface area contributed by atoms with Crippen LogP contribution in [0, 0.1) is 0 Å². The zero-order valence-corrected chi connectivity index (χ0v) is 14.4. The number of thioether (sulfide) groups is 1. The second kappa shape index (κ2) is 7.66. The summed E-state index contributed by atoms with van der Waals surface area (Å²) in [5, 5.41) is 0.430. The van der Waals surface area contributed by atoms with Gasteiger partial charge in [-0.1, -0.05) is 55.3 Å². The molecule has 0 spiro atoms. The largest absolute Gasteiger partial charge is 0.383 e. The van der Waals surface area contributed by atoms with Crippen molar-refractivity contribution in [1.82, 2.24) is 9.97 Å². The number of nitrogen functional groups attached to an aromatic ring is 2. The van der Waals surface area contributed by atoms with Crippen molar-refractivity contribution in [3.8, 4) is 0 Å². The number of aromatic nitrogens is 2. The van der Waals surface area contributed by atoms with Gasteiger partial charge >= 0.3 is 0 Å². The molecule has 24 heavy (non-hydrogen) atoms. The van der Waals surface area contributed by atoms with E-state index in [9.17, 15) is 4.79 Å². The summed E-state index contributed by atoms with van der Waals surface area (Å²) < 4.78 is 0. The van der Waals surface area contributed by atoms with Gasteiger partial charge in [0.25, 0.3) is 0 Å². The first-order chi connectivity index (χ1) is 11.6. The molecule has 1 fully saturated rings. The highest BCUT2D eigenvalue weighted by Gasteiger charge is 2.16. The van der Waals surface area contributed by atoms with Crippen LogP contribution in [-0.4, -0.2) is 21.5 Å². The number of rotatable bonds is 5. The summed E-state index contributed by atoms with van der Waals surface area (Å²) in [7, 11) is 0. The van der Waals surface area contributed by atoms with E-state index in [2.05, 4.69) is 22.1 Å². The smallest absolute Gasteiger partial charge is 0.191 e. The van der Waals surface area contributed by atoms with Gasteiger partial charge in [0.2, 0.25) is 0 Å². The van der Waals surface area contributed by atoms with Crippen LogP contribution >= 0.6 is 11.8 Å². The number of anilines is 2. The van der Waals surface area contributed by atoms with Crippen LogP contribution in [0.3, 0.4) is 0 Å². The fourth-order valence-corrected chi connectivity index (χ4v) is 3.88. The summed E-state index contributed by atoms with van der Waals surface area (Å²) >= 11 is 1.25. The maximum absolute atomic E-state index is 12.3. The van der Waals surface area contributed by atoms with Gasteiger partial charge in [-0.05, 0) is 24.3 Å². The third-order valence-electron chi connectivity index (χ3n) is 4.39. The molecule has 3 rings (SSSR count). The predicted octanol–water partition coefficient (Wildman–Crippen LogP) is 3.66. The Morgan fingerprint density at radius 1 is 1.04 bits per heavy atom. The van der Waals surface area contributed by atoms with Gasteiger partial charge in [0.05, 0.1) is 5.75 Å². The Morgan fingerprint density at radius 2 is 1.67 bits per heavy atom. The molecule has 0 saturated heterocycles. The molecule has 1 heterocycles. The van der Waals surface area contributed by atoms with Crippen molar-refractivity contribution in [1.29, 1.82) is 0 Å². The van der Waals surface area contributed by atoms with Gasteiger partial charge in [-0.15, -0.1) is 0 Å². The number of nitrogens with zero attached hydrogens (tertiary/aromatic N) is 2. The summed E-state index contributed by atoms with van der Waals surface area (Å²) in [5.41, 5.74) is 13.3. The SMILES string of the molecule is Nc1cc(N)nc(SCC(=O)c2ccc(C3CCCCC3)cc2)n1. The lowest BCUT2D eigenvalue weighted by molar-refractivity contribution is 0.102. The Labute approximate surface area is 146 Å². The Balaban J connectivity index is 1.60. The first kappa shape index (κ1) is 16.8. The second-order valence-electron chi connectivity index (χ2n) is 6.17. The molecule has 2 aromatic rings. The molecule has 1 aromatic heterocycles. The molecule has 5 nitrogen and oxygen atoms in total. The topological polar surface area (TPSA) is 94.9 Å². The van der Waals surface area contributed by atoms with Crippen LogP contribution in [0.4, 0.5) is 11.6 Å². The van der Waals surface area contributed by atoms with Gasteiger partial charge in [0.15, 0.2) is 10.9 Å². The molecule has 4 N–H and O–H groups in total. The summed E-state index contributed by atoms with van der Waals surface area (Å²) in [5.74, 6) is 1.61. The molecule has 1 saturated carbocycles. The van der Waals surface area contributed by atoms with Gasteiger partial charge in [-0.3, -0.25) is 4.79 Å². The Morgan fingerprint density at radius 3 is 2.29 bits per heavy atom. The maximum atomic E-state index is 12.3. The van der Waals surface area contributed by atoms with Gasteiger partial charge in [-0.2, -0.15) is 0 Å². The van der Waals surface area contributed by atoms with Crippen LogP contribution in [0.15, 0.2) is 35.5 Å².